The number of halogens is 3. The summed E-state index contributed by atoms with van der Waals surface area (Å²) in [6.07, 6.45) is -2.33. The number of aromatic nitrogens is 2. The number of hydrogen-bond donors (Lipinski definition) is 1. The second-order valence-electron chi connectivity index (χ2n) is 8.83. The van der Waals surface area contributed by atoms with Gasteiger partial charge in [0.15, 0.2) is 6.04 Å². The highest BCUT2D eigenvalue weighted by molar-refractivity contribution is 5.76. The first-order valence-corrected chi connectivity index (χ1v) is 9.71. The predicted octanol–water partition coefficient (Wildman–Crippen LogP) is 4.33. The molecule has 1 saturated heterocycles. The van der Waals surface area contributed by atoms with Crippen LogP contribution in [-0.4, -0.2) is 45.9 Å². The molecule has 0 radical (unpaired) electrons. The second-order valence-corrected chi connectivity index (χ2v) is 8.83. The van der Waals surface area contributed by atoms with Crippen LogP contribution in [0.2, 0.25) is 0 Å². The van der Waals surface area contributed by atoms with Crippen LogP contribution in [0.4, 0.5) is 19.0 Å². The van der Waals surface area contributed by atoms with Gasteiger partial charge in [-0.25, -0.2) is 4.68 Å². The van der Waals surface area contributed by atoms with E-state index >= 15 is 0 Å². The van der Waals surface area contributed by atoms with E-state index in [1.807, 2.05) is 27.7 Å². The van der Waals surface area contributed by atoms with Gasteiger partial charge in [-0.3, -0.25) is 4.79 Å². The summed E-state index contributed by atoms with van der Waals surface area (Å²) in [4.78, 5) is 13.9. The van der Waals surface area contributed by atoms with Crippen LogP contribution < -0.4 is 5.32 Å². The fraction of sp³-hybridized carbons (Fsp3) is 0.789. The van der Waals surface area contributed by atoms with Crippen molar-refractivity contribution in [3.05, 3.63) is 11.8 Å². The van der Waals surface area contributed by atoms with Crippen LogP contribution >= 0.6 is 0 Å². The van der Waals surface area contributed by atoms with Crippen molar-refractivity contribution in [1.29, 1.82) is 0 Å². The van der Waals surface area contributed by atoms with Gasteiger partial charge in [0.05, 0.1) is 5.69 Å². The molecule has 8 heteroatoms. The Bertz CT molecular complexity index is 692. The van der Waals surface area contributed by atoms with Gasteiger partial charge in [-0.2, -0.15) is 18.3 Å². The fourth-order valence-electron chi connectivity index (χ4n) is 3.96. The van der Waals surface area contributed by atoms with E-state index in [2.05, 4.69) is 10.4 Å². The minimum absolute atomic E-state index is 0.00678. The molecule has 1 fully saturated rings. The van der Waals surface area contributed by atoms with E-state index in [4.69, 9.17) is 0 Å². The van der Waals surface area contributed by atoms with Gasteiger partial charge in [-0.15, -0.1) is 0 Å². The summed E-state index contributed by atoms with van der Waals surface area (Å²) in [5.74, 6) is 0.535. The Kier molecular flexibility index (Phi) is 5.20. The van der Waals surface area contributed by atoms with Crippen molar-refractivity contribution >= 4 is 11.7 Å². The van der Waals surface area contributed by atoms with Crippen LogP contribution in [0, 0.1) is 5.41 Å². The molecule has 27 heavy (non-hydrogen) atoms. The molecule has 0 bridgehead atoms. The maximum Gasteiger partial charge on any atom is 0.410 e. The number of fused-ring (bicyclic) bond motifs is 1. The van der Waals surface area contributed by atoms with Gasteiger partial charge in [-0.05, 0) is 24.7 Å². The van der Waals surface area contributed by atoms with Crippen molar-refractivity contribution < 1.29 is 18.0 Å². The van der Waals surface area contributed by atoms with Crippen molar-refractivity contribution in [2.45, 2.75) is 77.6 Å². The molecule has 3 rings (SSSR count). The molecular formula is C19H29F3N4O. The first-order valence-electron chi connectivity index (χ1n) is 9.71. The number of nitrogens with zero attached hydrogens (tertiary/aromatic N) is 3. The molecule has 5 nitrogen and oxygen atoms in total. The van der Waals surface area contributed by atoms with Crippen LogP contribution in [0.1, 0.15) is 71.0 Å². The molecule has 3 unspecified atom stereocenters. The Morgan fingerprint density at radius 3 is 2.63 bits per heavy atom. The Morgan fingerprint density at radius 1 is 1.33 bits per heavy atom. The van der Waals surface area contributed by atoms with Gasteiger partial charge < -0.3 is 10.2 Å². The lowest BCUT2D eigenvalue weighted by atomic mass is 9.82. The normalized spacial score (nSPS) is 26.0. The van der Waals surface area contributed by atoms with E-state index in [9.17, 15) is 18.0 Å². The average Bonchev–Trinajstić information content (AvgIpc) is 3.18. The summed E-state index contributed by atoms with van der Waals surface area (Å²) in [6, 6.07) is -0.159. The lowest BCUT2D eigenvalue weighted by Crippen LogP contribution is -2.44. The van der Waals surface area contributed by atoms with Crippen molar-refractivity contribution in [2.24, 2.45) is 5.41 Å². The third-order valence-electron chi connectivity index (χ3n) is 5.68. The number of nitrogens with one attached hydrogen (secondary N) is 1. The fourth-order valence-corrected chi connectivity index (χ4v) is 3.96. The maximum absolute atomic E-state index is 13.7. The summed E-state index contributed by atoms with van der Waals surface area (Å²) in [6.45, 7) is 8.97. The van der Waals surface area contributed by atoms with Gasteiger partial charge in [0.25, 0.3) is 0 Å². The highest BCUT2D eigenvalue weighted by atomic mass is 19.4. The third-order valence-corrected chi connectivity index (χ3v) is 5.68. The monoisotopic (exact) mass is 386 g/mol. The van der Waals surface area contributed by atoms with Crippen molar-refractivity contribution in [3.8, 4) is 0 Å². The Hall–Kier alpha value is -1.73. The number of rotatable bonds is 3. The lowest BCUT2D eigenvalue weighted by molar-refractivity contribution is -0.175. The number of amides is 1. The molecule has 0 aliphatic carbocycles. The summed E-state index contributed by atoms with van der Waals surface area (Å²) >= 11 is 0. The molecule has 1 aromatic rings. The van der Waals surface area contributed by atoms with E-state index in [0.717, 1.165) is 17.5 Å². The topological polar surface area (TPSA) is 50.2 Å². The standard InChI is InChI=1S/C19H29F3N4O/c1-5-6-17(27)25-8-7-12(11-25)13-9-16-23-14(18(2,3)4)10-15(19(20,21)22)26(16)24-13/h9,12,14-15,23H,5-8,10-11H2,1-4H3. The molecule has 1 amide bonds. The summed E-state index contributed by atoms with van der Waals surface area (Å²) in [7, 11) is 0. The molecule has 0 aromatic carbocycles. The maximum atomic E-state index is 13.7. The van der Waals surface area contributed by atoms with Crippen molar-refractivity contribution in [1.82, 2.24) is 14.7 Å². The third kappa shape index (κ3) is 4.09. The predicted molar refractivity (Wildman–Crippen MR) is 97.6 cm³/mol. The number of anilines is 1. The molecule has 0 spiro atoms. The first-order chi connectivity index (χ1) is 12.5. The molecule has 152 valence electrons. The number of likely N-dealkylation sites (tertiary alicyclic amines) is 1. The van der Waals surface area contributed by atoms with Crippen molar-refractivity contribution in [3.63, 3.8) is 0 Å². The highest BCUT2D eigenvalue weighted by Gasteiger charge is 2.48. The molecule has 0 saturated carbocycles. The van der Waals surface area contributed by atoms with E-state index in [-0.39, 0.29) is 29.7 Å². The number of alkyl halides is 3. The minimum atomic E-state index is -4.34. The average molecular weight is 386 g/mol. The molecule has 2 aliphatic rings. The summed E-state index contributed by atoms with van der Waals surface area (Å²) < 4.78 is 42.1. The molecule has 3 atom stereocenters. The number of carbonyl (C=O) groups is 1. The highest BCUT2D eigenvalue weighted by Crippen LogP contribution is 2.44. The van der Waals surface area contributed by atoms with Crippen LogP contribution in [0.25, 0.3) is 0 Å². The lowest BCUT2D eigenvalue weighted by Gasteiger charge is -2.39. The van der Waals surface area contributed by atoms with E-state index in [1.165, 1.54) is 0 Å². The van der Waals surface area contributed by atoms with Crippen LogP contribution in [0.5, 0.6) is 0 Å². The van der Waals surface area contributed by atoms with Crippen molar-refractivity contribution in [2.75, 3.05) is 18.4 Å². The van der Waals surface area contributed by atoms with Gasteiger partial charge in [0.2, 0.25) is 5.91 Å². The molecule has 1 aromatic heterocycles. The van der Waals surface area contributed by atoms with Gasteiger partial charge in [-0.1, -0.05) is 27.7 Å². The SMILES string of the molecule is CCCC(=O)N1CCC(c2cc3n(n2)C(C(F)(F)F)CC(C(C)(C)C)N3)C1. The van der Waals surface area contributed by atoms with Gasteiger partial charge in [0.1, 0.15) is 5.82 Å². The molecule has 3 heterocycles. The summed E-state index contributed by atoms with van der Waals surface area (Å²) in [5.41, 5.74) is 0.351. The largest absolute Gasteiger partial charge is 0.410 e. The number of carbonyl (C=O) groups excluding carboxylic acids is 1. The second kappa shape index (κ2) is 7.02. The van der Waals surface area contributed by atoms with Gasteiger partial charge in [0, 0.05) is 37.5 Å². The Morgan fingerprint density at radius 2 is 2.04 bits per heavy atom. The quantitative estimate of drug-likeness (QED) is 0.841. The zero-order valence-electron chi connectivity index (χ0n) is 16.4. The van der Waals surface area contributed by atoms with E-state index in [1.54, 1.807) is 11.0 Å². The zero-order chi connectivity index (χ0) is 20.0. The van der Waals surface area contributed by atoms with E-state index in [0.29, 0.717) is 31.0 Å². The number of hydrogen-bond acceptors (Lipinski definition) is 3. The van der Waals surface area contributed by atoms with E-state index < -0.39 is 12.2 Å². The Labute approximate surface area is 158 Å². The molecule has 2 aliphatic heterocycles. The minimum Gasteiger partial charge on any atom is -0.367 e. The smallest absolute Gasteiger partial charge is 0.367 e. The zero-order valence-corrected chi connectivity index (χ0v) is 16.4. The summed E-state index contributed by atoms with van der Waals surface area (Å²) in [5, 5.41) is 7.59. The van der Waals surface area contributed by atoms with Crippen LogP contribution in [0.3, 0.4) is 0 Å². The molecular weight excluding hydrogens is 357 g/mol. The first kappa shape index (κ1) is 20.0. The van der Waals surface area contributed by atoms with Crippen LogP contribution in [0.15, 0.2) is 6.07 Å². The van der Waals surface area contributed by atoms with Gasteiger partial charge >= 0.3 is 6.18 Å². The Balaban J connectivity index is 1.84. The molecule has 1 N–H and O–H groups in total. The van der Waals surface area contributed by atoms with Crippen LogP contribution in [-0.2, 0) is 4.79 Å².